The van der Waals surface area contributed by atoms with E-state index in [4.69, 9.17) is 14.2 Å². The zero-order valence-electron chi connectivity index (χ0n) is 12.3. The van der Waals surface area contributed by atoms with Gasteiger partial charge in [-0.25, -0.2) is 0 Å². The first kappa shape index (κ1) is 14.9. The lowest BCUT2D eigenvalue weighted by molar-refractivity contribution is 0.110. The molecule has 5 heteroatoms. The smallest absolute Gasteiger partial charge is 0.142 e. The van der Waals surface area contributed by atoms with Gasteiger partial charge in [-0.05, 0) is 25.0 Å². The van der Waals surface area contributed by atoms with Gasteiger partial charge in [-0.3, -0.25) is 0 Å². The molecule has 0 bridgehead atoms. The van der Waals surface area contributed by atoms with Crippen molar-refractivity contribution in [1.29, 1.82) is 0 Å². The molecule has 1 saturated heterocycles. The second-order valence-electron chi connectivity index (χ2n) is 4.83. The van der Waals surface area contributed by atoms with Crippen LogP contribution in [0.25, 0.3) is 0 Å². The first-order valence-corrected chi connectivity index (χ1v) is 7.11. The summed E-state index contributed by atoms with van der Waals surface area (Å²) in [6.07, 6.45) is 2.75. The van der Waals surface area contributed by atoms with Gasteiger partial charge in [0.2, 0.25) is 0 Å². The van der Waals surface area contributed by atoms with Crippen molar-refractivity contribution in [3.63, 3.8) is 0 Å². The molecule has 1 unspecified atom stereocenters. The van der Waals surface area contributed by atoms with Crippen molar-refractivity contribution >= 4 is 5.69 Å². The Morgan fingerprint density at radius 3 is 2.85 bits per heavy atom. The minimum Gasteiger partial charge on any atom is -0.497 e. The van der Waals surface area contributed by atoms with Gasteiger partial charge in [0.1, 0.15) is 11.5 Å². The summed E-state index contributed by atoms with van der Waals surface area (Å²) in [5, 5.41) is 6.76. The Morgan fingerprint density at radius 1 is 1.25 bits per heavy atom. The highest BCUT2D eigenvalue weighted by Gasteiger charge is 2.14. The summed E-state index contributed by atoms with van der Waals surface area (Å²) in [5.41, 5.74) is 0.950. The third-order valence-corrected chi connectivity index (χ3v) is 3.42. The van der Waals surface area contributed by atoms with E-state index in [2.05, 4.69) is 10.6 Å². The highest BCUT2D eigenvalue weighted by Crippen LogP contribution is 2.28. The van der Waals surface area contributed by atoms with E-state index in [0.29, 0.717) is 6.10 Å². The lowest BCUT2D eigenvalue weighted by Gasteiger charge is -2.14. The first-order chi connectivity index (χ1) is 9.83. The fourth-order valence-corrected chi connectivity index (χ4v) is 2.31. The van der Waals surface area contributed by atoms with E-state index in [1.165, 1.54) is 12.8 Å². The molecule has 0 radical (unpaired) electrons. The van der Waals surface area contributed by atoms with Gasteiger partial charge in [0.15, 0.2) is 0 Å². The van der Waals surface area contributed by atoms with Gasteiger partial charge >= 0.3 is 0 Å². The number of methoxy groups -OCH3 is 2. The SMILES string of the molecule is COc1ccc(OC)c(NCCNCC2CCCO2)c1. The Bertz CT molecular complexity index is 406. The highest BCUT2D eigenvalue weighted by molar-refractivity contribution is 5.59. The number of nitrogens with one attached hydrogen (secondary N) is 2. The molecule has 0 aliphatic carbocycles. The van der Waals surface area contributed by atoms with Gasteiger partial charge < -0.3 is 24.8 Å². The Kier molecular flexibility index (Phi) is 5.95. The minimum atomic E-state index is 0.390. The van der Waals surface area contributed by atoms with E-state index >= 15 is 0 Å². The van der Waals surface area contributed by atoms with Crippen molar-refractivity contribution in [2.75, 3.05) is 45.8 Å². The summed E-state index contributed by atoms with van der Waals surface area (Å²) in [5.74, 6) is 1.64. The average molecular weight is 280 g/mol. The third-order valence-electron chi connectivity index (χ3n) is 3.42. The predicted molar refractivity (Wildman–Crippen MR) is 79.9 cm³/mol. The van der Waals surface area contributed by atoms with Crippen molar-refractivity contribution in [2.24, 2.45) is 0 Å². The molecule has 20 heavy (non-hydrogen) atoms. The van der Waals surface area contributed by atoms with E-state index in [9.17, 15) is 0 Å². The van der Waals surface area contributed by atoms with Gasteiger partial charge in [0.25, 0.3) is 0 Å². The first-order valence-electron chi connectivity index (χ1n) is 7.11. The normalized spacial score (nSPS) is 18.0. The topological polar surface area (TPSA) is 51.8 Å². The van der Waals surface area contributed by atoms with Crippen LogP contribution in [0.1, 0.15) is 12.8 Å². The van der Waals surface area contributed by atoms with Crippen LogP contribution in [0.15, 0.2) is 18.2 Å². The molecule has 1 aliphatic rings. The van der Waals surface area contributed by atoms with E-state index in [1.807, 2.05) is 18.2 Å². The van der Waals surface area contributed by atoms with Crippen LogP contribution in [-0.4, -0.2) is 46.6 Å². The van der Waals surface area contributed by atoms with Gasteiger partial charge in [-0.2, -0.15) is 0 Å². The van der Waals surface area contributed by atoms with Crippen molar-refractivity contribution in [1.82, 2.24) is 5.32 Å². The molecule has 0 spiro atoms. The molecule has 2 rings (SSSR count). The Morgan fingerprint density at radius 2 is 2.15 bits per heavy atom. The fraction of sp³-hybridized carbons (Fsp3) is 0.600. The molecule has 2 N–H and O–H groups in total. The van der Waals surface area contributed by atoms with Crippen LogP contribution in [0, 0.1) is 0 Å². The lowest BCUT2D eigenvalue weighted by Crippen LogP contribution is -2.30. The molecular formula is C15H24N2O3. The van der Waals surface area contributed by atoms with E-state index in [0.717, 1.165) is 43.4 Å². The quantitative estimate of drug-likeness (QED) is 0.712. The Balaban J connectivity index is 1.72. The molecule has 1 fully saturated rings. The zero-order valence-corrected chi connectivity index (χ0v) is 12.3. The molecule has 1 atom stereocenters. The Labute approximate surface area is 120 Å². The van der Waals surface area contributed by atoms with Crippen LogP contribution in [0.2, 0.25) is 0 Å². The molecule has 1 aliphatic heterocycles. The van der Waals surface area contributed by atoms with Crippen molar-refractivity contribution < 1.29 is 14.2 Å². The summed E-state index contributed by atoms with van der Waals surface area (Å²) in [6.45, 7) is 3.55. The average Bonchev–Trinajstić information content (AvgIpc) is 3.00. The van der Waals surface area contributed by atoms with Gasteiger partial charge in [0.05, 0.1) is 26.0 Å². The monoisotopic (exact) mass is 280 g/mol. The van der Waals surface area contributed by atoms with E-state index < -0.39 is 0 Å². The maximum Gasteiger partial charge on any atom is 0.142 e. The van der Waals surface area contributed by atoms with Crippen LogP contribution in [-0.2, 0) is 4.74 Å². The molecule has 0 saturated carbocycles. The number of hydrogen-bond donors (Lipinski definition) is 2. The summed E-state index contributed by atoms with van der Waals surface area (Å²) in [7, 11) is 3.33. The van der Waals surface area contributed by atoms with Gasteiger partial charge in [-0.1, -0.05) is 0 Å². The molecule has 1 aromatic rings. The summed E-state index contributed by atoms with van der Waals surface area (Å²) < 4.78 is 16.1. The fourth-order valence-electron chi connectivity index (χ4n) is 2.31. The summed E-state index contributed by atoms with van der Waals surface area (Å²) >= 11 is 0. The van der Waals surface area contributed by atoms with Crippen LogP contribution in [0.4, 0.5) is 5.69 Å². The molecular weight excluding hydrogens is 256 g/mol. The number of rotatable bonds is 8. The highest BCUT2D eigenvalue weighted by atomic mass is 16.5. The van der Waals surface area contributed by atoms with Crippen LogP contribution < -0.4 is 20.1 Å². The predicted octanol–water partition coefficient (Wildman–Crippen LogP) is 1.88. The number of ether oxygens (including phenoxy) is 3. The zero-order chi connectivity index (χ0) is 14.2. The standard InChI is InChI=1S/C15H24N2O3/c1-18-12-5-6-15(19-2)14(10-12)17-8-7-16-11-13-4-3-9-20-13/h5-6,10,13,16-17H,3-4,7-9,11H2,1-2H3. The molecule has 0 aromatic heterocycles. The van der Waals surface area contributed by atoms with E-state index in [-0.39, 0.29) is 0 Å². The second-order valence-corrected chi connectivity index (χ2v) is 4.83. The maximum atomic E-state index is 5.57. The molecule has 5 nitrogen and oxygen atoms in total. The minimum absolute atomic E-state index is 0.390. The van der Waals surface area contributed by atoms with Gasteiger partial charge in [0, 0.05) is 32.3 Å². The third kappa shape index (κ3) is 4.28. The summed E-state index contributed by atoms with van der Waals surface area (Å²) in [6, 6.07) is 5.74. The molecule has 1 heterocycles. The maximum absolute atomic E-state index is 5.57. The number of benzene rings is 1. The van der Waals surface area contributed by atoms with Crippen LogP contribution >= 0.6 is 0 Å². The van der Waals surface area contributed by atoms with Gasteiger partial charge in [-0.15, -0.1) is 0 Å². The van der Waals surface area contributed by atoms with Crippen molar-refractivity contribution in [3.05, 3.63) is 18.2 Å². The van der Waals surface area contributed by atoms with Crippen molar-refractivity contribution in [3.8, 4) is 11.5 Å². The van der Waals surface area contributed by atoms with Crippen molar-refractivity contribution in [2.45, 2.75) is 18.9 Å². The Hall–Kier alpha value is -1.46. The molecule has 0 amide bonds. The second kappa shape index (κ2) is 7.97. The molecule has 1 aromatic carbocycles. The number of anilines is 1. The van der Waals surface area contributed by atoms with Crippen LogP contribution in [0.5, 0.6) is 11.5 Å². The van der Waals surface area contributed by atoms with E-state index in [1.54, 1.807) is 14.2 Å². The largest absolute Gasteiger partial charge is 0.497 e. The lowest BCUT2D eigenvalue weighted by atomic mass is 10.2. The molecule has 112 valence electrons. The number of hydrogen-bond acceptors (Lipinski definition) is 5. The summed E-state index contributed by atoms with van der Waals surface area (Å²) in [4.78, 5) is 0. The van der Waals surface area contributed by atoms with Crippen LogP contribution in [0.3, 0.4) is 0 Å².